The van der Waals surface area contributed by atoms with Crippen molar-refractivity contribution in [2.24, 2.45) is 5.10 Å². The standard InChI is InChI=1S/C12H11FN2S/c1-9(12-3-2-8-16-12)14-15-11-6-4-10(13)5-7-11/h2-8,15H,1H3/b14-9-. The molecule has 1 heterocycles. The largest absolute Gasteiger partial charge is 0.278 e. The fourth-order valence-electron chi connectivity index (χ4n) is 1.21. The molecule has 0 unspecified atom stereocenters. The van der Waals surface area contributed by atoms with E-state index in [1.54, 1.807) is 23.5 Å². The normalized spacial score (nSPS) is 11.5. The number of rotatable bonds is 3. The number of hydrogen-bond acceptors (Lipinski definition) is 3. The smallest absolute Gasteiger partial charge is 0.123 e. The summed E-state index contributed by atoms with van der Waals surface area (Å²) in [7, 11) is 0. The minimum Gasteiger partial charge on any atom is -0.278 e. The molecule has 0 atom stereocenters. The van der Waals surface area contributed by atoms with E-state index in [9.17, 15) is 4.39 Å². The Morgan fingerprint density at radius 3 is 2.62 bits per heavy atom. The topological polar surface area (TPSA) is 24.4 Å². The van der Waals surface area contributed by atoms with Crippen molar-refractivity contribution in [2.45, 2.75) is 6.92 Å². The third-order valence-corrected chi connectivity index (χ3v) is 3.05. The van der Waals surface area contributed by atoms with Crippen molar-refractivity contribution in [3.05, 3.63) is 52.5 Å². The molecule has 4 heteroatoms. The molecule has 82 valence electrons. The van der Waals surface area contributed by atoms with Crippen molar-refractivity contribution in [1.82, 2.24) is 0 Å². The van der Waals surface area contributed by atoms with Crippen LogP contribution in [-0.2, 0) is 0 Å². The average Bonchev–Trinajstić information content (AvgIpc) is 2.81. The van der Waals surface area contributed by atoms with Gasteiger partial charge in [-0.1, -0.05) is 6.07 Å². The molecule has 0 amide bonds. The van der Waals surface area contributed by atoms with Crippen LogP contribution in [0.4, 0.5) is 10.1 Å². The average molecular weight is 234 g/mol. The first-order valence-corrected chi connectivity index (χ1v) is 5.73. The molecule has 1 N–H and O–H groups in total. The van der Waals surface area contributed by atoms with Gasteiger partial charge in [-0.3, -0.25) is 5.43 Å². The number of anilines is 1. The Bertz CT molecular complexity index is 474. The van der Waals surface area contributed by atoms with E-state index >= 15 is 0 Å². The fourth-order valence-corrected chi connectivity index (χ4v) is 1.89. The molecular formula is C12H11FN2S. The molecule has 0 radical (unpaired) electrons. The molecule has 2 nitrogen and oxygen atoms in total. The second-order valence-corrected chi connectivity index (χ2v) is 4.24. The van der Waals surface area contributed by atoms with Gasteiger partial charge in [0.15, 0.2) is 0 Å². The molecule has 16 heavy (non-hydrogen) atoms. The van der Waals surface area contributed by atoms with Crippen molar-refractivity contribution < 1.29 is 4.39 Å². The summed E-state index contributed by atoms with van der Waals surface area (Å²) in [5, 5.41) is 6.23. The van der Waals surface area contributed by atoms with Crippen LogP contribution in [0.3, 0.4) is 0 Å². The van der Waals surface area contributed by atoms with Crippen molar-refractivity contribution in [1.29, 1.82) is 0 Å². The molecule has 0 bridgehead atoms. The lowest BCUT2D eigenvalue weighted by Crippen LogP contribution is -1.97. The molecule has 0 saturated carbocycles. The van der Waals surface area contributed by atoms with Gasteiger partial charge in [0, 0.05) is 4.88 Å². The first-order valence-electron chi connectivity index (χ1n) is 4.85. The van der Waals surface area contributed by atoms with Gasteiger partial charge >= 0.3 is 0 Å². The summed E-state index contributed by atoms with van der Waals surface area (Å²) in [5.74, 6) is -0.246. The van der Waals surface area contributed by atoms with Crippen LogP contribution in [0.5, 0.6) is 0 Å². The Morgan fingerprint density at radius 1 is 1.25 bits per heavy atom. The summed E-state index contributed by atoms with van der Waals surface area (Å²) < 4.78 is 12.6. The number of nitrogens with one attached hydrogen (secondary N) is 1. The zero-order valence-corrected chi connectivity index (χ0v) is 9.59. The molecule has 0 aliphatic heterocycles. The zero-order valence-electron chi connectivity index (χ0n) is 8.77. The van der Waals surface area contributed by atoms with Gasteiger partial charge in [0.1, 0.15) is 5.82 Å². The summed E-state index contributed by atoms with van der Waals surface area (Å²) in [6.07, 6.45) is 0. The maximum absolute atomic E-state index is 12.6. The minimum absolute atomic E-state index is 0.246. The predicted molar refractivity (Wildman–Crippen MR) is 66.6 cm³/mol. The zero-order chi connectivity index (χ0) is 11.4. The molecule has 2 rings (SSSR count). The first-order chi connectivity index (χ1) is 7.75. The van der Waals surface area contributed by atoms with Gasteiger partial charge in [-0.05, 0) is 42.6 Å². The van der Waals surface area contributed by atoms with Gasteiger partial charge in [0.05, 0.1) is 11.4 Å². The maximum atomic E-state index is 12.6. The number of hydrazone groups is 1. The quantitative estimate of drug-likeness (QED) is 0.635. The van der Waals surface area contributed by atoms with Crippen LogP contribution in [-0.4, -0.2) is 5.71 Å². The Kier molecular flexibility index (Phi) is 3.31. The number of halogens is 1. The predicted octanol–water partition coefficient (Wildman–Crippen LogP) is 3.72. The lowest BCUT2D eigenvalue weighted by molar-refractivity contribution is 0.628. The van der Waals surface area contributed by atoms with Crippen LogP contribution in [0.15, 0.2) is 46.9 Å². The van der Waals surface area contributed by atoms with E-state index in [1.165, 1.54) is 12.1 Å². The third kappa shape index (κ3) is 2.67. The second kappa shape index (κ2) is 4.90. The summed E-state index contributed by atoms with van der Waals surface area (Å²) in [4.78, 5) is 1.12. The third-order valence-electron chi connectivity index (χ3n) is 2.07. The highest BCUT2D eigenvalue weighted by atomic mass is 32.1. The summed E-state index contributed by atoms with van der Waals surface area (Å²) in [6, 6.07) is 10.1. The molecule has 0 saturated heterocycles. The molecule has 0 fully saturated rings. The van der Waals surface area contributed by atoms with Crippen LogP contribution in [0.1, 0.15) is 11.8 Å². The van der Waals surface area contributed by atoms with Crippen molar-refractivity contribution in [3.8, 4) is 0 Å². The number of nitrogens with zero attached hydrogens (tertiary/aromatic N) is 1. The van der Waals surface area contributed by atoms with Gasteiger partial charge in [0.25, 0.3) is 0 Å². The second-order valence-electron chi connectivity index (χ2n) is 3.29. The van der Waals surface area contributed by atoms with Crippen molar-refractivity contribution in [3.63, 3.8) is 0 Å². The number of thiophene rings is 1. The van der Waals surface area contributed by atoms with E-state index in [0.29, 0.717) is 0 Å². The Labute approximate surface area is 97.4 Å². The number of benzene rings is 1. The minimum atomic E-state index is -0.246. The molecule has 1 aromatic heterocycles. The molecular weight excluding hydrogens is 223 g/mol. The van der Waals surface area contributed by atoms with E-state index in [1.807, 2.05) is 24.4 Å². The van der Waals surface area contributed by atoms with Crippen LogP contribution >= 0.6 is 11.3 Å². The molecule has 0 aliphatic carbocycles. The van der Waals surface area contributed by atoms with Crippen LogP contribution in [0, 0.1) is 5.82 Å². The maximum Gasteiger partial charge on any atom is 0.123 e. The van der Waals surface area contributed by atoms with Gasteiger partial charge in [-0.2, -0.15) is 5.10 Å². The lowest BCUT2D eigenvalue weighted by Gasteiger charge is -2.01. The van der Waals surface area contributed by atoms with Gasteiger partial charge in [-0.25, -0.2) is 4.39 Å². The highest BCUT2D eigenvalue weighted by molar-refractivity contribution is 7.12. The molecule has 1 aromatic carbocycles. The summed E-state index contributed by atoms with van der Waals surface area (Å²) in [6.45, 7) is 1.93. The number of hydrogen-bond donors (Lipinski definition) is 1. The Morgan fingerprint density at radius 2 is 2.00 bits per heavy atom. The van der Waals surface area contributed by atoms with Crippen LogP contribution in [0.25, 0.3) is 0 Å². The monoisotopic (exact) mass is 234 g/mol. The Balaban J connectivity index is 2.06. The van der Waals surface area contributed by atoms with Crippen LogP contribution in [0.2, 0.25) is 0 Å². The van der Waals surface area contributed by atoms with E-state index in [-0.39, 0.29) is 5.82 Å². The highest BCUT2D eigenvalue weighted by Crippen LogP contribution is 2.12. The first kappa shape index (κ1) is 10.8. The fraction of sp³-hybridized carbons (Fsp3) is 0.0833. The van der Waals surface area contributed by atoms with Gasteiger partial charge in [0.2, 0.25) is 0 Å². The van der Waals surface area contributed by atoms with Gasteiger partial charge < -0.3 is 0 Å². The van der Waals surface area contributed by atoms with E-state index < -0.39 is 0 Å². The highest BCUT2D eigenvalue weighted by Gasteiger charge is 1.97. The lowest BCUT2D eigenvalue weighted by atomic mass is 10.3. The summed E-state index contributed by atoms with van der Waals surface area (Å²) in [5.41, 5.74) is 4.58. The molecule has 0 spiro atoms. The van der Waals surface area contributed by atoms with Crippen molar-refractivity contribution in [2.75, 3.05) is 5.43 Å². The van der Waals surface area contributed by atoms with E-state index in [4.69, 9.17) is 0 Å². The molecule has 0 aliphatic rings. The van der Waals surface area contributed by atoms with Crippen molar-refractivity contribution >= 4 is 22.7 Å². The van der Waals surface area contributed by atoms with Gasteiger partial charge in [-0.15, -0.1) is 11.3 Å². The SMILES string of the molecule is C/C(=N/Nc1ccc(F)cc1)c1cccs1. The van der Waals surface area contributed by atoms with E-state index in [2.05, 4.69) is 10.5 Å². The molecule has 2 aromatic rings. The van der Waals surface area contributed by atoms with Crippen LogP contribution < -0.4 is 5.43 Å². The Hall–Kier alpha value is -1.68. The van der Waals surface area contributed by atoms with E-state index in [0.717, 1.165) is 16.3 Å². The summed E-state index contributed by atoms with van der Waals surface area (Å²) >= 11 is 1.64.